The molecule has 0 spiro atoms. The van der Waals surface area contributed by atoms with Crippen molar-refractivity contribution in [3.8, 4) is 0 Å². The van der Waals surface area contributed by atoms with Crippen molar-refractivity contribution in [3.63, 3.8) is 0 Å². The van der Waals surface area contributed by atoms with E-state index >= 15 is 0 Å². The number of sulfone groups is 1. The van der Waals surface area contributed by atoms with Gasteiger partial charge in [-0.1, -0.05) is 6.07 Å². The molecular weight excluding hydrogens is 388 g/mol. The monoisotopic (exact) mass is 412 g/mol. The van der Waals surface area contributed by atoms with Crippen LogP contribution in [0.15, 0.2) is 17.5 Å². The van der Waals surface area contributed by atoms with Crippen LogP contribution < -0.4 is 0 Å². The Kier molecular flexibility index (Phi) is 5.06. The molecule has 2 aromatic heterocycles. The lowest BCUT2D eigenvalue weighted by Gasteiger charge is -2.23. The van der Waals surface area contributed by atoms with Crippen molar-refractivity contribution < 1.29 is 8.42 Å². The Labute approximate surface area is 163 Å². The van der Waals surface area contributed by atoms with Crippen molar-refractivity contribution in [2.75, 3.05) is 18.1 Å². The summed E-state index contributed by atoms with van der Waals surface area (Å²) in [6, 6.07) is 4.76. The van der Waals surface area contributed by atoms with Crippen LogP contribution in [0.2, 0.25) is 0 Å². The fourth-order valence-electron chi connectivity index (χ4n) is 4.06. The van der Waals surface area contributed by atoms with E-state index in [4.69, 9.17) is 17.3 Å². The minimum Gasteiger partial charge on any atom is -0.307 e. The number of likely N-dealkylation sites (tertiary alicyclic amines) is 1. The van der Waals surface area contributed by atoms with Crippen molar-refractivity contribution in [2.24, 2.45) is 13.0 Å². The Morgan fingerprint density at radius 3 is 2.92 bits per heavy atom. The standard InChI is InChI=1S/C17H24N4O2S3/c1-19-16(10-13-6-9-26(22,23)11-13)18-21(17(19)24)12-20-7-2-4-14(20)15-5-3-8-25-15/h3,5,8,13-14H,2,4,6-7,9-12H2,1H3/t13-,14-/m0/s1. The van der Waals surface area contributed by atoms with Crippen LogP contribution in [-0.4, -0.2) is 45.7 Å². The summed E-state index contributed by atoms with van der Waals surface area (Å²) in [6.45, 7) is 1.75. The average molecular weight is 413 g/mol. The van der Waals surface area contributed by atoms with Crippen molar-refractivity contribution in [2.45, 2.75) is 38.4 Å². The predicted octanol–water partition coefficient (Wildman–Crippen LogP) is 2.78. The molecule has 2 saturated heterocycles. The third-order valence-corrected chi connectivity index (χ3v) is 8.78. The third kappa shape index (κ3) is 3.67. The molecule has 2 aliphatic rings. The zero-order valence-electron chi connectivity index (χ0n) is 14.9. The first kappa shape index (κ1) is 18.3. The molecule has 0 radical (unpaired) electrons. The smallest absolute Gasteiger partial charge is 0.198 e. The van der Waals surface area contributed by atoms with Crippen molar-refractivity contribution in [1.82, 2.24) is 19.2 Å². The Morgan fingerprint density at radius 2 is 2.23 bits per heavy atom. The van der Waals surface area contributed by atoms with E-state index in [-0.39, 0.29) is 11.7 Å². The summed E-state index contributed by atoms with van der Waals surface area (Å²) in [6.07, 6.45) is 3.78. The Hall–Kier alpha value is -1.03. The molecule has 2 atom stereocenters. The van der Waals surface area contributed by atoms with E-state index in [0.29, 0.717) is 29.7 Å². The molecule has 2 aliphatic heterocycles. The summed E-state index contributed by atoms with van der Waals surface area (Å²) in [5.74, 6) is 1.64. The van der Waals surface area contributed by atoms with Crippen LogP contribution in [-0.2, 0) is 30.0 Å². The first-order valence-corrected chi connectivity index (χ1v) is 12.1. The minimum atomic E-state index is -2.86. The van der Waals surface area contributed by atoms with Crippen molar-refractivity contribution in [1.29, 1.82) is 0 Å². The molecule has 0 saturated carbocycles. The van der Waals surface area contributed by atoms with Gasteiger partial charge in [0.15, 0.2) is 14.6 Å². The van der Waals surface area contributed by atoms with Gasteiger partial charge in [-0.3, -0.25) is 4.90 Å². The lowest BCUT2D eigenvalue weighted by atomic mass is 10.1. The van der Waals surface area contributed by atoms with Crippen molar-refractivity contribution in [3.05, 3.63) is 33.0 Å². The molecule has 0 bridgehead atoms. The van der Waals surface area contributed by atoms with Crippen LogP contribution in [0.1, 0.15) is 36.0 Å². The van der Waals surface area contributed by atoms with Gasteiger partial charge in [0.05, 0.1) is 18.2 Å². The van der Waals surface area contributed by atoms with Gasteiger partial charge >= 0.3 is 0 Å². The van der Waals surface area contributed by atoms with Gasteiger partial charge < -0.3 is 4.57 Å². The highest BCUT2D eigenvalue weighted by molar-refractivity contribution is 7.91. The Morgan fingerprint density at radius 1 is 1.38 bits per heavy atom. The molecule has 4 heterocycles. The fourth-order valence-corrected chi connectivity index (χ4v) is 7.03. The summed E-state index contributed by atoms with van der Waals surface area (Å²) < 4.78 is 28.0. The van der Waals surface area contributed by atoms with Gasteiger partial charge in [0.25, 0.3) is 0 Å². The van der Waals surface area contributed by atoms with E-state index in [1.165, 1.54) is 17.7 Å². The molecule has 9 heteroatoms. The second-order valence-corrected chi connectivity index (χ2v) is 10.9. The lowest BCUT2D eigenvalue weighted by Crippen LogP contribution is -2.26. The van der Waals surface area contributed by atoms with Crippen LogP contribution in [0.3, 0.4) is 0 Å². The molecule has 2 fully saturated rings. The summed E-state index contributed by atoms with van der Waals surface area (Å²) in [5, 5.41) is 6.87. The molecular formula is C17H24N4O2S3. The summed E-state index contributed by atoms with van der Waals surface area (Å²) >= 11 is 7.40. The molecule has 2 aromatic rings. The predicted molar refractivity (Wildman–Crippen MR) is 105 cm³/mol. The SMILES string of the molecule is Cn1c(C[C@@H]2CCS(=O)(=O)C2)nn(CN2CCC[C@H]2c2cccs2)c1=S. The Balaban J connectivity index is 1.50. The second-order valence-electron chi connectivity index (χ2n) is 7.36. The van der Waals surface area contributed by atoms with Gasteiger partial charge in [0, 0.05) is 30.9 Å². The molecule has 142 valence electrons. The molecule has 0 N–H and O–H groups in total. The molecule has 0 unspecified atom stereocenters. The van der Waals surface area contributed by atoms with Gasteiger partial charge in [-0.05, 0) is 48.8 Å². The number of aromatic nitrogens is 3. The van der Waals surface area contributed by atoms with Gasteiger partial charge in [-0.2, -0.15) is 5.10 Å². The van der Waals surface area contributed by atoms with Gasteiger partial charge in [-0.25, -0.2) is 13.1 Å². The molecule has 4 rings (SSSR count). The maximum Gasteiger partial charge on any atom is 0.198 e. The van der Waals surface area contributed by atoms with Crippen LogP contribution in [0.5, 0.6) is 0 Å². The number of nitrogens with zero attached hydrogens (tertiary/aromatic N) is 4. The number of thiophene rings is 1. The quantitative estimate of drug-likeness (QED) is 0.707. The van der Waals surface area contributed by atoms with Crippen LogP contribution >= 0.6 is 23.6 Å². The average Bonchev–Trinajstić information content (AvgIpc) is 3.35. The fraction of sp³-hybridized carbons (Fsp3) is 0.647. The normalized spacial score (nSPS) is 25.9. The van der Waals surface area contributed by atoms with E-state index in [1.54, 1.807) is 0 Å². The van der Waals surface area contributed by atoms with Crippen LogP contribution in [0, 0.1) is 10.7 Å². The van der Waals surface area contributed by atoms with Crippen LogP contribution in [0.25, 0.3) is 0 Å². The van der Waals surface area contributed by atoms with E-state index < -0.39 is 9.84 Å². The number of rotatable bonds is 5. The molecule has 6 nitrogen and oxygen atoms in total. The Bertz CT molecular complexity index is 930. The zero-order chi connectivity index (χ0) is 18.3. The van der Waals surface area contributed by atoms with Crippen LogP contribution in [0.4, 0.5) is 0 Å². The summed E-state index contributed by atoms with van der Waals surface area (Å²) in [7, 11) is -0.924. The zero-order valence-corrected chi connectivity index (χ0v) is 17.3. The van der Waals surface area contributed by atoms with Crippen molar-refractivity contribution >= 4 is 33.4 Å². The number of hydrogen-bond donors (Lipinski definition) is 0. The summed E-state index contributed by atoms with van der Waals surface area (Å²) in [4.78, 5) is 3.85. The highest BCUT2D eigenvalue weighted by Gasteiger charge is 2.30. The first-order chi connectivity index (χ1) is 12.4. The summed E-state index contributed by atoms with van der Waals surface area (Å²) in [5.41, 5.74) is 0. The van der Waals surface area contributed by atoms with Gasteiger partial charge in [-0.15, -0.1) is 11.3 Å². The van der Waals surface area contributed by atoms with E-state index in [1.807, 2.05) is 27.6 Å². The molecule has 26 heavy (non-hydrogen) atoms. The lowest BCUT2D eigenvalue weighted by molar-refractivity contribution is 0.191. The van der Waals surface area contributed by atoms with E-state index in [0.717, 1.165) is 18.8 Å². The first-order valence-electron chi connectivity index (χ1n) is 9.03. The maximum absolute atomic E-state index is 11.7. The van der Waals surface area contributed by atoms with Gasteiger partial charge in [0.1, 0.15) is 5.82 Å². The largest absolute Gasteiger partial charge is 0.307 e. The third-order valence-electron chi connectivity index (χ3n) is 5.48. The number of hydrogen-bond acceptors (Lipinski definition) is 6. The second kappa shape index (κ2) is 7.18. The molecule has 0 aromatic carbocycles. The minimum absolute atomic E-state index is 0.162. The molecule has 0 amide bonds. The molecule has 0 aliphatic carbocycles. The maximum atomic E-state index is 11.7. The highest BCUT2D eigenvalue weighted by Crippen LogP contribution is 2.34. The topological polar surface area (TPSA) is 60.1 Å². The van der Waals surface area contributed by atoms with Gasteiger partial charge in [0.2, 0.25) is 0 Å². The van der Waals surface area contributed by atoms with E-state index in [2.05, 4.69) is 22.4 Å². The highest BCUT2D eigenvalue weighted by atomic mass is 32.2. The van der Waals surface area contributed by atoms with E-state index in [9.17, 15) is 8.42 Å².